The topological polar surface area (TPSA) is 88.5 Å². The SMILES string of the molecule is CC(C)CC(=O)Nc1nc(-c2cccc(OCC(=O)O)c2)cs1. The number of carboxylic acids is 1. The molecule has 122 valence electrons. The van der Waals surface area contributed by atoms with Crippen LogP contribution >= 0.6 is 11.3 Å². The fourth-order valence-corrected chi connectivity index (χ4v) is 2.63. The highest BCUT2D eigenvalue weighted by molar-refractivity contribution is 7.14. The first-order valence-electron chi connectivity index (χ1n) is 7.14. The van der Waals surface area contributed by atoms with Gasteiger partial charge in [0, 0.05) is 17.4 Å². The summed E-state index contributed by atoms with van der Waals surface area (Å²) in [4.78, 5) is 26.7. The summed E-state index contributed by atoms with van der Waals surface area (Å²) in [7, 11) is 0. The van der Waals surface area contributed by atoms with Crippen LogP contribution in [0, 0.1) is 5.92 Å². The van der Waals surface area contributed by atoms with Gasteiger partial charge in [-0.15, -0.1) is 11.3 Å². The molecule has 0 aliphatic rings. The van der Waals surface area contributed by atoms with Crippen LogP contribution in [0.3, 0.4) is 0 Å². The van der Waals surface area contributed by atoms with E-state index in [1.165, 1.54) is 11.3 Å². The number of rotatable bonds is 7. The lowest BCUT2D eigenvalue weighted by atomic mass is 10.1. The standard InChI is InChI=1S/C16H18N2O4S/c1-10(2)6-14(19)18-16-17-13(9-23-16)11-4-3-5-12(7-11)22-8-15(20)21/h3-5,7,9-10H,6,8H2,1-2H3,(H,20,21)(H,17,18,19). The molecular formula is C16H18N2O4S. The van der Waals surface area contributed by atoms with Gasteiger partial charge in [0.05, 0.1) is 5.69 Å². The molecular weight excluding hydrogens is 316 g/mol. The van der Waals surface area contributed by atoms with Crippen molar-refractivity contribution in [3.8, 4) is 17.0 Å². The summed E-state index contributed by atoms with van der Waals surface area (Å²) in [6.45, 7) is 3.57. The lowest BCUT2D eigenvalue weighted by molar-refractivity contribution is -0.139. The van der Waals surface area contributed by atoms with E-state index in [4.69, 9.17) is 9.84 Å². The predicted octanol–water partition coefficient (Wildman–Crippen LogP) is 3.26. The van der Waals surface area contributed by atoms with Crippen LogP contribution in [0.4, 0.5) is 5.13 Å². The largest absolute Gasteiger partial charge is 0.482 e. The van der Waals surface area contributed by atoms with Gasteiger partial charge in [0.2, 0.25) is 5.91 Å². The molecule has 2 N–H and O–H groups in total. The number of nitrogens with zero attached hydrogens (tertiary/aromatic N) is 1. The summed E-state index contributed by atoms with van der Waals surface area (Å²) in [5, 5.41) is 13.8. The van der Waals surface area contributed by atoms with Crippen LogP contribution < -0.4 is 10.1 Å². The van der Waals surface area contributed by atoms with Gasteiger partial charge in [-0.2, -0.15) is 0 Å². The molecule has 0 aliphatic carbocycles. The molecule has 1 aromatic heterocycles. The van der Waals surface area contributed by atoms with Crippen LogP contribution in [0.15, 0.2) is 29.6 Å². The molecule has 1 aromatic carbocycles. The first-order chi connectivity index (χ1) is 10.9. The second kappa shape index (κ2) is 7.73. The average Bonchev–Trinajstić information content (AvgIpc) is 2.93. The molecule has 0 saturated heterocycles. The van der Waals surface area contributed by atoms with E-state index < -0.39 is 12.6 Å². The molecule has 23 heavy (non-hydrogen) atoms. The van der Waals surface area contributed by atoms with E-state index >= 15 is 0 Å². The van der Waals surface area contributed by atoms with Gasteiger partial charge in [0.1, 0.15) is 5.75 Å². The summed E-state index contributed by atoms with van der Waals surface area (Å²) in [5.41, 5.74) is 1.50. The summed E-state index contributed by atoms with van der Waals surface area (Å²) in [5.74, 6) is -0.334. The van der Waals surface area contributed by atoms with E-state index in [9.17, 15) is 9.59 Å². The van der Waals surface area contributed by atoms with Crippen molar-refractivity contribution < 1.29 is 19.4 Å². The van der Waals surface area contributed by atoms with Gasteiger partial charge < -0.3 is 15.2 Å². The predicted molar refractivity (Wildman–Crippen MR) is 88.8 cm³/mol. The maximum absolute atomic E-state index is 11.8. The van der Waals surface area contributed by atoms with Crippen molar-refractivity contribution in [1.29, 1.82) is 0 Å². The van der Waals surface area contributed by atoms with Gasteiger partial charge in [-0.25, -0.2) is 9.78 Å². The van der Waals surface area contributed by atoms with E-state index in [1.807, 2.05) is 25.3 Å². The molecule has 1 amide bonds. The maximum Gasteiger partial charge on any atom is 0.341 e. The highest BCUT2D eigenvalue weighted by atomic mass is 32.1. The lowest BCUT2D eigenvalue weighted by Gasteiger charge is -2.05. The van der Waals surface area contributed by atoms with Gasteiger partial charge >= 0.3 is 5.97 Å². The second-order valence-electron chi connectivity index (χ2n) is 5.39. The normalized spacial score (nSPS) is 10.6. The van der Waals surface area contributed by atoms with Crippen LogP contribution in [0.2, 0.25) is 0 Å². The molecule has 0 fully saturated rings. The van der Waals surface area contributed by atoms with Crippen LogP contribution in [0.1, 0.15) is 20.3 Å². The molecule has 0 spiro atoms. The molecule has 0 atom stereocenters. The van der Waals surface area contributed by atoms with Crippen LogP contribution in [0.25, 0.3) is 11.3 Å². The molecule has 0 bridgehead atoms. The number of hydrogen-bond acceptors (Lipinski definition) is 5. The first kappa shape index (κ1) is 17.0. The number of benzene rings is 1. The Morgan fingerprint density at radius 2 is 2.17 bits per heavy atom. The van der Waals surface area contributed by atoms with Gasteiger partial charge in [0.25, 0.3) is 0 Å². The van der Waals surface area contributed by atoms with Crippen molar-refractivity contribution in [3.05, 3.63) is 29.6 Å². The number of amides is 1. The van der Waals surface area contributed by atoms with Gasteiger partial charge in [-0.1, -0.05) is 26.0 Å². The monoisotopic (exact) mass is 334 g/mol. The summed E-state index contributed by atoms with van der Waals surface area (Å²) >= 11 is 1.35. The van der Waals surface area contributed by atoms with Crippen LogP contribution in [0.5, 0.6) is 5.75 Å². The van der Waals surface area contributed by atoms with Gasteiger partial charge in [-0.05, 0) is 18.1 Å². The van der Waals surface area contributed by atoms with E-state index in [2.05, 4.69) is 10.3 Å². The van der Waals surface area contributed by atoms with E-state index in [-0.39, 0.29) is 11.8 Å². The first-order valence-corrected chi connectivity index (χ1v) is 8.02. The molecule has 6 nitrogen and oxygen atoms in total. The van der Waals surface area contributed by atoms with Crippen molar-refractivity contribution in [2.45, 2.75) is 20.3 Å². The molecule has 0 unspecified atom stereocenters. The molecule has 1 heterocycles. The highest BCUT2D eigenvalue weighted by Crippen LogP contribution is 2.27. The number of nitrogens with one attached hydrogen (secondary N) is 1. The van der Waals surface area contributed by atoms with Crippen molar-refractivity contribution >= 4 is 28.3 Å². The molecule has 0 saturated carbocycles. The zero-order valence-corrected chi connectivity index (χ0v) is 13.7. The molecule has 0 radical (unpaired) electrons. The molecule has 7 heteroatoms. The number of carbonyl (C=O) groups excluding carboxylic acids is 1. The Kier molecular flexibility index (Phi) is 5.70. The third-order valence-electron chi connectivity index (χ3n) is 2.84. The summed E-state index contributed by atoms with van der Waals surface area (Å²) in [6, 6.07) is 7.02. The quantitative estimate of drug-likeness (QED) is 0.811. The minimum absolute atomic E-state index is 0.0561. The third-order valence-corrected chi connectivity index (χ3v) is 3.59. The Balaban J connectivity index is 2.06. The summed E-state index contributed by atoms with van der Waals surface area (Å²) < 4.78 is 5.15. The number of anilines is 1. The van der Waals surface area contributed by atoms with Crippen molar-refractivity contribution in [2.24, 2.45) is 5.92 Å². The molecule has 0 aliphatic heterocycles. The van der Waals surface area contributed by atoms with E-state index in [0.717, 1.165) is 5.56 Å². The molecule has 2 aromatic rings. The van der Waals surface area contributed by atoms with Crippen molar-refractivity contribution in [1.82, 2.24) is 4.98 Å². The minimum atomic E-state index is -1.03. The van der Waals surface area contributed by atoms with Crippen molar-refractivity contribution in [3.63, 3.8) is 0 Å². The van der Waals surface area contributed by atoms with E-state index in [0.29, 0.717) is 23.0 Å². The number of thiazole rings is 1. The number of carbonyl (C=O) groups is 2. The zero-order valence-electron chi connectivity index (χ0n) is 12.9. The maximum atomic E-state index is 11.8. The molecule has 2 rings (SSSR count). The Bertz CT molecular complexity index is 697. The summed E-state index contributed by atoms with van der Waals surface area (Å²) in [6.07, 6.45) is 0.452. The Labute approximate surface area is 138 Å². The fraction of sp³-hybridized carbons (Fsp3) is 0.312. The lowest BCUT2D eigenvalue weighted by Crippen LogP contribution is -2.13. The Morgan fingerprint density at radius 1 is 1.39 bits per heavy atom. The number of aromatic nitrogens is 1. The second-order valence-corrected chi connectivity index (χ2v) is 6.25. The average molecular weight is 334 g/mol. The smallest absolute Gasteiger partial charge is 0.341 e. The van der Waals surface area contributed by atoms with Crippen LogP contribution in [-0.2, 0) is 9.59 Å². The third kappa shape index (κ3) is 5.37. The van der Waals surface area contributed by atoms with Gasteiger partial charge in [-0.3, -0.25) is 4.79 Å². The van der Waals surface area contributed by atoms with Gasteiger partial charge in [0.15, 0.2) is 11.7 Å². The fourth-order valence-electron chi connectivity index (χ4n) is 1.90. The Morgan fingerprint density at radius 3 is 2.87 bits per heavy atom. The number of aliphatic carboxylic acids is 1. The highest BCUT2D eigenvalue weighted by Gasteiger charge is 2.10. The zero-order chi connectivity index (χ0) is 16.8. The van der Waals surface area contributed by atoms with Crippen molar-refractivity contribution in [2.75, 3.05) is 11.9 Å². The number of carboxylic acid groups (broad SMARTS) is 1. The minimum Gasteiger partial charge on any atom is -0.482 e. The number of ether oxygens (including phenoxy) is 1. The Hall–Kier alpha value is -2.41. The number of hydrogen-bond donors (Lipinski definition) is 2. The van der Waals surface area contributed by atoms with Crippen LogP contribution in [-0.4, -0.2) is 28.6 Å². The van der Waals surface area contributed by atoms with E-state index in [1.54, 1.807) is 18.2 Å².